The van der Waals surface area contributed by atoms with Gasteiger partial charge in [0, 0.05) is 47.8 Å². The van der Waals surface area contributed by atoms with Gasteiger partial charge >= 0.3 is 0 Å². The molecule has 0 N–H and O–H groups in total. The average Bonchev–Trinajstić information content (AvgIpc) is 2.51. The lowest BCUT2D eigenvalue weighted by molar-refractivity contribution is 0.638. The molecule has 1 aromatic carbocycles. The Hall–Kier alpha value is -1.37. The van der Waals surface area contributed by atoms with E-state index in [9.17, 15) is 0 Å². The van der Waals surface area contributed by atoms with E-state index in [4.69, 9.17) is 0 Å². The Kier molecular flexibility index (Phi) is 4.28. The van der Waals surface area contributed by atoms with Crippen LogP contribution in [0.4, 0.5) is 11.6 Å². The van der Waals surface area contributed by atoms with Gasteiger partial charge in [-0.25, -0.2) is 9.97 Å². The summed E-state index contributed by atoms with van der Waals surface area (Å²) in [7, 11) is 0. The summed E-state index contributed by atoms with van der Waals surface area (Å²) in [6.07, 6.45) is 3.75. The lowest BCUT2D eigenvalue weighted by Crippen LogP contribution is -2.47. The maximum atomic E-state index is 4.42. The van der Waals surface area contributed by atoms with Crippen molar-refractivity contribution in [1.29, 1.82) is 0 Å². The number of piperazine rings is 1. The number of hydrogen-bond donors (Lipinski definition) is 0. The molecule has 0 spiro atoms. The molecule has 110 valence electrons. The van der Waals surface area contributed by atoms with E-state index in [-0.39, 0.29) is 0 Å². The summed E-state index contributed by atoms with van der Waals surface area (Å²) >= 11 is 2.23. The second-order valence-corrected chi connectivity index (χ2v) is 6.64. The molecule has 0 saturated carbocycles. The number of hydrogen-bond acceptors (Lipinski definition) is 4. The zero-order valence-electron chi connectivity index (χ0n) is 12.4. The Morgan fingerprint density at radius 2 is 1.57 bits per heavy atom. The van der Waals surface area contributed by atoms with Crippen LogP contribution in [0.2, 0.25) is 0 Å². The maximum absolute atomic E-state index is 4.42. The molecule has 1 fully saturated rings. The number of rotatable bonds is 2. The SMILES string of the molecule is Cc1cccc(N2CCN(c3ncc(I)cn3)CC2)c1C. The minimum atomic E-state index is 0.844. The van der Waals surface area contributed by atoms with Crippen molar-refractivity contribution >= 4 is 34.2 Å². The van der Waals surface area contributed by atoms with Crippen LogP contribution in [0.1, 0.15) is 11.1 Å². The van der Waals surface area contributed by atoms with E-state index < -0.39 is 0 Å². The predicted octanol–water partition coefficient (Wildman–Crippen LogP) is 3.02. The topological polar surface area (TPSA) is 32.3 Å². The minimum Gasteiger partial charge on any atom is -0.368 e. The third kappa shape index (κ3) is 3.12. The number of anilines is 2. The molecular weight excluding hydrogens is 375 g/mol. The first-order valence-electron chi connectivity index (χ1n) is 7.19. The monoisotopic (exact) mass is 394 g/mol. The smallest absolute Gasteiger partial charge is 0.225 e. The molecular formula is C16H19IN4. The summed E-state index contributed by atoms with van der Waals surface area (Å²) in [4.78, 5) is 13.6. The Balaban J connectivity index is 1.70. The van der Waals surface area contributed by atoms with Crippen LogP contribution in [0.5, 0.6) is 0 Å². The lowest BCUT2D eigenvalue weighted by atomic mass is 10.1. The largest absolute Gasteiger partial charge is 0.368 e. The highest BCUT2D eigenvalue weighted by molar-refractivity contribution is 14.1. The fourth-order valence-corrected chi connectivity index (χ4v) is 2.97. The molecule has 5 heteroatoms. The molecule has 4 nitrogen and oxygen atoms in total. The number of aromatic nitrogens is 2. The molecule has 0 unspecified atom stereocenters. The van der Waals surface area contributed by atoms with Crippen molar-refractivity contribution in [3.05, 3.63) is 45.3 Å². The molecule has 0 amide bonds. The van der Waals surface area contributed by atoms with Gasteiger partial charge in [0.05, 0.1) is 0 Å². The molecule has 3 rings (SSSR count). The summed E-state index contributed by atoms with van der Waals surface area (Å²) in [5, 5.41) is 0. The van der Waals surface area contributed by atoms with Crippen molar-refractivity contribution in [2.45, 2.75) is 13.8 Å². The summed E-state index contributed by atoms with van der Waals surface area (Å²) in [5.41, 5.74) is 4.10. The highest BCUT2D eigenvalue weighted by Gasteiger charge is 2.20. The summed E-state index contributed by atoms with van der Waals surface area (Å²) < 4.78 is 1.07. The van der Waals surface area contributed by atoms with Crippen LogP contribution in [-0.4, -0.2) is 36.1 Å². The number of nitrogens with zero attached hydrogens (tertiary/aromatic N) is 4. The second kappa shape index (κ2) is 6.17. The third-order valence-electron chi connectivity index (χ3n) is 4.09. The summed E-state index contributed by atoms with van der Waals surface area (Å²) in [6.45, 7) is 8.34. The third-order valence-corrected chi connectivity index (χ3v) is 4.64. The maximum Gasteiger partial charge on any atom is 0.225 e. The van der Waals surface area contributed by atoms with Gasteiger partial charge < -0.3 is 9.80 Å². The standard InChI is InChI=1S/C16H19IN4/c1-12-4-3-5-15(13(12)2)20-6-8-21(9-7-20)16-18-10-14(17)11-19-16/h3-5,10-11H,6-9H2,1-2H3. The molecule has 1 saturated heterocycles. The van der Waals surface area contributed by atoms with Gasteiger partial charge in [0.25, 0.3) is 0 Å². The molecule has 0 radical (unpaired) electrons. The molecule has 1 aliphatic rings. The van der Waals surface area contributed by atoms with Crippen LogP contribution < -0.4 is 9.80 Å². The molecule has 0 aliphatic carbocycles. The highest BCUT2D eigenvalue weighted by atomic mass is 127. The van der Waals surface area contributed by atoms with Crippen molar-refractivity contribution < 1.29 is 0 Å². The van der Waals surface area contributed by atoms with Crippen molar-refractivity contribution in [1.82, 2.24) is 9.97 Å². The highest BCUT2D eigenvalue weighted by Crippen LogP contribution is 2.24. The van der Waals surface area contributed by atoms with E-state index in [0.29, 0.717) is 0 Å². The normalized spacial score (nSPS) is 15.4. The summed E-state index contributed by atoms with van der Waals surface area (Å²) in [5.74, 6) is 0.844. The van der Waals surface area contributed by atoms with Gasteiger partial charge in [0.2, 0.25) is 5.95 Å². The Labute approximate surface area is 139 Å². The van der Waals surface area contributed by atoms with E-state index in [0.717, 1.165) is 35.7 Å². The van der Waals surface area contributed by atoms with E-state index in [1.165, 1.54) is 16.8 Å². The van der Waals surface area contributed by atoms with Crippen molar-refractivity contribution in [3.8, 4) is 0 Å². The van der Waals surface area contributed by atoms with Gasteiger partial charge in [-0.15, -0.1) is 0 Å². The molecule has 2 heterocycles. The molecule has 0 bridgehead atoms. The van der Waals surface area contributed by atoms with Gasteiger partial charge in [-0.05, 0) is 53.6 Å². The van der Waals surface area contributed by atoms with Gasteiger partial charge in [0.1, 0.15) is 0 Å². The van der Waals surface area contributed by atoms with Crippen LogP contribution >= 0.6 is 22.6 Å². The molecule has 1 aliphatic heterocycles. The van der Waals surface area contributed by atoms with Crippen LogP contribution in [0.15, 0.2) is 30.6 Å². The number of aryl methyl sites for hydroxylation is 1. The van der Waals surface area contributed by atoms with Gasteiger partial charge in [-0.2, -0.15) is 0 Å². The zero-order valence-corrected chi connectivity index (χ0v) is 14.5. The first-order chi connectivity index (χ1) is 10.1. The zero-order chi connectivity index (χ0) is 14.8. The van der Waals surface area contributed by atoms with Crippen molar-refractivity contribution in [2.75, 3.05) is 36.0 Å². The lowest BCUT2D eigenvalue weighted by Gasteiger charge is -2.37. The molecule has 0 atom stereocenters. The Bertz CT molecular complexity index is 619. The molecule has 21 heavy (non-hydrogen) atoms. The van der Waals surface area contributed by atoms with Crippen molar-refractivity contribution in [2.24, 2.45) is 0 Å². The second-order valence-electron chi connectivity index (χ2n) is 5.39. The van der Waals surface area contributed by atoms with Crippen molar-refractivity contribution in [3.63, 3.8) is 0 Å². The van der Waals surface area contributed by atoms with E-state index >= 15 is 0 Å². The van der Waals surface area contributed by atoms with Gasteiger partial charge in [0.15, 0.2) is 0 Å². The Morgan fingerprint density at radius 3 is 2.24 bits per heavy atom. The van der Waals surface area contributed by atoms with Crippen LogP contribution in [-0.2, 0) is 0 Å². The fourth-order valence-electron chi connectivity index (χ4n) is 2.69. The van der Waals surface area contributed by atoms with Gasteiger partial charge in [-0.1, -0.05) is 12.1 Å². The van der Waals surface area contributed by atoms with E-state index in [1.807, 2.05) is 12.4 Å². The fraction of sp³-hybridized carbons (Fsp3) is 0.375. The number of halogens is 1. The van der Waals surface area contributed by atoms with E-state index in [2.05, 4.69) is 74.4 Å². The average molecular weight is 394 g/mol. The number of benzene rings is 1. The Morgan fingerprint density at radius 1 is 0.952 bits per heavy atom. The van der Waals surface area contributed by atoms with E-state index in [1.54, 1.807) is 0 Å². The quantitative estimate of drug-likeness (QED) is 0.734. The molecule has 2 aromatic rings. The minimum absolute atomic E-state index is 0.844. The summed E-state index contributed by atoms with van der Waals surface area (Å²) in [6, 6.07) is 6.54. The van der Waals surface area contributed by atoms with Gasteiger partial charge in [-0.3, -0.25) is 0 Å². The van der Waals surface area contributed by atoms with Crippen LogP contribution in [0.3, 0.4) is 0 Å². The van der Waals surface area contributed by atoms with Crippen LogP contribution in [0, 0.1) is 17.4 Å². The first-order valence-corrected chi connectivity index (χ1v) is 8.26. The molecule has 1 aromatic heterocycles. The first kappa shape index (κ1) is 14.6. The predicted molar refractivity (Wildman–Crippen MR) is 95.1 cm³/mol. The van der Waals surface area contributed by atoms with Crippen LogP contribution in [0.25, 0.3) is 0 Å².